The topological polar surface area (TPSA) is 49.8 Å². The molecule has 0 aromatic heterocycles. The van der Waals surface area contributed by atoms with Crippen LogP contribution in [0.5, 0.6) is 0 Å². The molecular formula is C10H19NO3. The van der Waals surface area contributed by atoms with E-state index in [1.807, 2.05) is 6.92 Å². The highest BCUT2D eigenvalue weighted by Gasteiger charge is 2.23. The van der Waals surface area contributed by atoms with Crippen LogP contribution in [0.15, 0.2) is 0 Å². The van der Waals surface area contributed by atoms with E-state index < -0.39 is 0 Å². The maximum atomic E-state index is 11.4. The highest BCUT2D eigenvalue weighted by Crippen LogP contribution is 2.27. The summed E-state index contributed by atoms with van der Waals surface area (Å²) < 4.78 is 4.85. The molecule has 0 aliphatic heterocycles. The van der Waals surface area contributed by atoms with Crippen LogP contribution in [-0.2, 0) is 4.74 Å². The smallest absolute Gasteiger partial charge is 0.409 e. The molecular weight excluding hydrogens is 182 g/mol. The van der Waals surface area contributed by atoms with Crippen LogP contribution in [0, 0.1) is 5.92 Å². The number of carbonyl (C=O) groups is 1. The van der Waals surface area contributed by atoms with Crippen LogP contribution < -0.4 is 0 Å². The number of rotatable bonds is 5. The molecule has 0 aromatic carbocycles. The molecule has 1 N–H and O–H groups in total. The van der Waals surface area contributed by atoms with Gasteiger partial charge in [-0.3, -0.25) is 0 Å². The monoisotopic (exact) mass is 201 g/mol. The molecule has 0 aromatic rings. The van der Waals surface area contributed by atoms with E-state index in [1.165, 1.54) is 19.3 Å². The molecule has 1 fully saturated rings. The SMILES string of the molecule is CCN(CC1CCC1)C(=O)OCCO. The normalized spacial score (nSPS) is 16.1. The van der Waals surface area contributed by atoms with E-state index in [1.54, 1.807) is 4.90 Å². The van der Waals surface area contributed by atoms with E-state index >= 15 is 0 Å². The van der Waals surface area contributed by atoms with Crippen LogP contribution >= 0.6 is 0 Å². The zero-order valence-electron chi connectivity index (χ0n) is 8.74. The molecule has 1 saturated carbocycles. The molecule has 0 radical (unpaired) electrons. The van der Waals surface area contributed by atoms with Gasteiger partial charge in [0.1, 0.15) is 6.61 Å². The fourth-order valence-corrected chi connectivity index (χ4v) is 1.54. The number of hydrogen-bond acceptors (Lipinski definition) is 3. The van der Waals surface area contributed by atoms with Crippen LogP contribution in [0.3, 0.4) is 0 Å². The Labute approximate surface area is 84.8 Å². The van der Waals surface area contributed by atoms with Gasteiger partial charge in [-0.05, 0) is 25.7 Å². The van der Waals surface area contributed by atoms with Crippen molar-refractivity contribution in [3.8, 4) is 0 Å². The van der Waals surface area contributed by atoms with Gasteiger partial charge in [-0.1, -0.05) is 6.42 Å². The van der Waals surface area contributed by atoms with Gasteiger partial charge in [0, 0.05) is 13.1 Å². The number of carbonyl (C=O) groups excluding carboxylic acids is 1. The Bertz CT molecular complexity index is 180. The maximum Gasteiger partial charge on any atom is 0.409 e. The molecule has 0 saturated heterocycles. The molecule has 0 atom stereocenters. The Morgan fingerprint density at radius 2 is 2.29 bits per heavy atom. The number of hydrogen-bond donors (Lipinski definition) is 1. The summed E-state index contributed by atoms with van der Waals surface area (Å²) in [5.74, 6) is 0.664. The number of ether oxygens (including phenoxy) is 1. The van der Waals surface area contributed by atoms with E-state index in [0.29, 0.717) is 12.5 Å². The molecule has 0 spiro atoms. The van der Waals surface area contributed by atoms with Crippen molar-refractivity contribution in [1.82, 2.24) is 4.90 Å². The zero-order chi connectivity index (χ0) is 10.4. The van der Waals surface area contributed by atoms with Gasteiger partial charge >= 0.3 is 6.09 Å². The molecule has 14 heavy (non-hydrogen) atoms. The average Bonchev–Trinajstić information content (AvgIpc) is 2.13. The number of nitrogens with zero attached hydrogens (tertiary/aromatic N) is 1. The van der Waals surface area contributed by atoms with Gasteiger partial charge in [0.25, 0.3) is 0 Å². The van der Waals surface area contributed by atoms with Gasteiger partial charge in [-0.25, -0.2) is 4.79 Å². The largest absolute Gasteiger partial charge is 0.447 e. The molecule has 4 heteroatoms. The Morgan fingerprint density at radius 3 is 2.71 bits per heavy atom. The molecule has 1 rings (SSSR count). The lowest BCUT2D eigenvalue weighted by molar-refractivity contribution is 0.0755. The Morgan fingerprint density at radius 1 is 1.57 bits per heavy atom. The highest BCUT2D eigenvalue weighted by molar-refractivity contribution is 5.67. The molecule has 1 aliphatic carbocycles. The Balaban J connectivity index is 2.24. The van der Waals surface area contributed by atoms with E-state index in [-0.39, 0.29) is 19.3 Å². The average molecular weight is 201 g/mol. The fourth-order valence-electron chi connectivity index (χ4n) is 1.54. The predicted molar refractivity (Wildman–Crippen MR) is 53.0 cm³/mol. The van der Waals surface area contributed by atoms with E-state index in [4.69, 9.17) is 9.84 Å². The summed E-state index contributed by atoms with van der Waals surface area (Å²) in [7, 11) is 0. The van der Waals surface area contributed by atoms with E-state index in [0.717, 1.165) is 6.54 Å². The van der Waals surface area contributed by atoms with E-state index in [2.05, 4.69) is 0 Å². The first-order valence-electron chi connectivity index (χ1n) is 5.30. The van der Waals surface area contributed by atoms with Crippen molar-refractivity contribution in [2.45, 2.75) is 26.2 Å². The van der Waals surface area contributed by atoms with Crippen LogP contribution in [0.25, 0.3) is 0 Å². The summed E-state index contributed by atoms with van der Waals surface area (Å²) in [6.07, 6.45) is 3.44. The van der Waals surface area contributed by atoms with Crippen molar-refractivity contribution in [2.75, 3.05) is 26.3 Å². The van der Waals surface area contributed by atoms with Gasteiger partial charge in [-0.2, -0.15) is 0 Å². The number of aliphatic hydroxyl groups excluding tert-OH is 1. The van der Waals surface area contributed by atoms with Crippen molar-refractivity contribution in [3.63, 3.8) is 0 Å². The van der Waals surface area contributed by atoms with Crippen molar-refractivity contribution in [3.05, 3.63) is 0 Å². The van der Waals surface area contributed by atoms with Gasteiger partial charge in [-0.15, -0.1) is 0 Å². The third-order valence-electron chi connectivity index (χ3n) is 2.66. The summed E-state index contributed by atoms with van der Waals surface area (Å²) in [6, 6.07) is 0. The Kier molecular flexibility index (Phi) is 4.73. The summed E-state index contributed by atoms with van der Waals surface area (Å²) >= 11 is 0. The molecule has 82 valence electrons. The lowest BCUT2D eigenvalue weighted by Crippen LogP contribution is -2.37. The lowest BCUT2D eigenvalue weighted by atomic mass is 9.85. The second-order valence-electron chi connectivity index (χ2n) is 3.67. The van der Waals surface area contributed by atoms with Crippen LogP contribution in [0.4, 0.5) is 4.79 Å². The molecule has 1 amide bonds. The van der Waals surface area contributed by atoms with E-state index in [9.17, 15) is 4.79 Å². The third kappa shape index (κ3) is 3.18. The second-order valence-corrected chi connectivity index (χ2v) is 3.67. The van der Waals surface area contributed by atoms with Gasteiger partial charge in [0.15, 0.2) is 0 Å². The first kappa shape index (κ1) is 11.3. The minimum atomic E-state index is -0.298. The van der Waals surface area contributed by atoms with Crippen molar-refractivity contribution in [1.29, 1.82) is 0 Å². The maximum absolute atomic E-state index is 11.4. The van der Waals surface area contributed by atoms with Crippen LogP contribution in [0.1, 0.15) is 26.2 Å². The van der Waals surface area contributed by atoms with Crippen LogP contribution in [-0.4, -0.2) is 42.4 Å². The van der Waals surface area contributed by atoms with Gasteiger partial charge in [0.05, 0.1) is 6.61 Å². The molecule has 0 heterocycles. The third-order valence-corrected chi connectivity index (χ3v) is 2.66. The molecule has 0 bridgehead atoms. The lowest BCUT2D eigenvalue weighted by Gasteiger charge is -2.31. The summed E-state index contributed by atoms with van der Waals surface area (Å²) in [4.78, 5) is 13.1. The molecule has 0 unspecified atom stereocenters. The first-order chi connectivity index (χ1) is 6.77. The van der Waals surface area contributed by atoms with Gasteiger partial charge in [0.2, 0.25) is 0 Å². The quantitative estimate of drug-likeness (QED) is 0.728. The van der Waals surface area contributed by atoms with Crippen molar-refractivity contribution < 1.29 is 14.6 Å². The van der Waals surface area contributed by atoms with Gasteiger partial charge < -0.3 is 14.7 Å². The Hall–Kier alpha value is -0.770. The number of amides is 1. The van der Waals surface area contributed by atoms with Crippen molar-refractivity contribution in [2.24, 2.45) is 5.92 Å². The van der Waals surface area contributed by atoms with Crippen molar-refractivity contribution >= 4 is 6.09 Å². The fraction of sp³-hybridized carbons (Fsp3) is 0.900. The number of aliphatic hydroxyl groups is 1. The summed E-state index contributed by atoms with van der Waals surface area (Å²) in [5, 5.41) is 8.51. The summed E-state index contributed by atoms with van der Waals surface area (Å²) in [6.45, 7) is 3.42. The standard InChI is InChI=1S/C10H19NO3/c1-2-11(8-9-4-3-5-9)10(13)14-7-6-12/h9,12H,2-8H2,1H3. The summed E-state index contributed by atoms with van der Waals surface area (Å²) in [5.41, 5.74) is 0. The zero-order valence-corrected chi connectivity index (χ0v) is 8.74. The highest BCUT2D eigenvalue weighted by atomic mass is 16.6. The van der Waals surface area contributed by atoms with Crippen LogP contribution in [0.2, 0.25) is 0 Å². The minimum Gasteiger partial charge on any atom is -0.447 e. The molecule has 1 aliphatic rings. The first-order valence-corrected chi connectivity index (χ1v) is 5.30. The second kappa shape index (κ2) is 5.86. The minimum absolute atomic E-state index is 0.0972. The predicted octanol–water partition coefficient (Wildman–Crippen LogP) is 1.24. The molecule has 4 nitrogen and oxygen atoms in total.